The smallest absolute Gasteiger partial charge is 0.163 e. The van der Waals surface area contributed by atoms with Crippen LogP contribution in [0.3, 0.4) is 0 Å². The van der Waals surface area contributed by atoms with E-state index in [0.29, 0.717) is 6.61 Å². The van der Waals surface area contributed by atoms with Gasteiger partial charge in [-0.1, -0.05) is 47.6 Å². The number of methoxy groups -OCH3 is 1. The van der Waals surface area contributed by atoms with E-state index in [9.17, 15) is 0 Å². The van der Waals surface area contributed by atoms with Crippen molar-refractivity contribution in [3.63, 3.8) is 0 Å². The average molecular weight is 295 g/mol. The van der Waals surface area contributed by atoms with Gasteiger partial charge in [0.25, 0.3) is 0 Å². The fourth-order valence-electron chi connectivity index (χ4n) is 3.10. The molecule has 0 radical (unpaired) electrons. The van der Waals surface area contributed by atoms with Crippen LogP contribution in [0, 0.1) is 5.92 Å². The van der Waals surface area contributed by atoms with Gasteiger partial charge in [-0.25, -0.2) is 0 Å². The lowest BCUT2D eigenvalue weighted by Gasteiger charge is -2.13. The summed E-state index contributed by atoms with van der Waals surface area (Å²) >= 11 is 0. The van der Waals surface area contributed by atoms with Crippen LogP contribution in [-0.4, -0.2) is 19.4 Å². The van der Waals surface area contributed by atoms with Crippen molar-refractivity contribution in [1.82, 2.24) is 0 Å². The van der Waals surface area contributed by atoms with Gasteiger partial charge in [-0.15, -0.1) is 0 Å². The van der Waals surface area contributed by atoms with Crippen molar-refractivity contribution in [3.05, 3.63) is 65.7 Å². The summed E-state index contributed by atoms with van der Waals surface area (Å²) in [4.78, 5) is 5.69. The molecule has 1 saturated heterocycles. The van der Waals surface area contributed by atoms with Crippen LogP contribution in [0.5, 0.6) is 5.75 Å². The second-order valence-corrected chi connectivity index (χ2v) is 5.55. The van der Waals surface area contributed by atoms with Crippen LogP contribution in [0.4, 0.5) is 0 Å². The fraction of sp³-hybridized carbons (Fsp3) is 0.278. The van der Waals surface area contributed by atoms with Gasteiger partial charge in [-0.05, 0) is 23.3 Å². The average Bonchev–Trinajstić information content (AvgIpc) is 3.17. The lowest BCUT2D eigenvalue weighted by Crippen LogP contribution is -2.16. The molecule has 4 rings (SSSR count). The third kappa shape index (κ3) is 2.16. The zero-order valence-corrected chi connectivity index (χ0v) is 12.3. The largest absolute Gasteiger partial charge is 0.497 e. The van der Waals surface area contributed by atoms with E-state index in [1.807, 2.05) is 42.5 Å². The van der Waals surface area contributed by atoms with E-state index in [1.54, 1.807) is 7.11 Å². The highest BCUT2D eigenvalue weighted by atomic mass is 16.7. The number of hydrogen-bond donors (Lipinski definition) is 0. The van der Waals surface area contributed by atoms with E-state index < -0.39 is 0 Å². The molecule has 2 aromatic rings. The summed E-state index contributed by atoms with van der Waals surface area (Å²) < 4.78 is 11.2. The number of hydrogen-bond acceptors (Lipinski definition) is 4. The number of ether oxygens (including phenoxy) is 2. The molecular weight excluding hydrogens is 278 g/mol. The molecule has 22 heavy (non-hydrogen) atoms. The van der Waals surface area contributed by atoms with E-state index in [0.717, 1.165) is 22.6 Å². The molecule has 0 aliphatic carbocycles. The van der Waals surface area contributed by atoms with Crippen LogP contribution in [0.1, 0.15) is 23.3 Å². The molecule has 112 valence electrons. The summed E-state index contributed by atoms with van der Waals surface area (Å²) in [6.45, 7) is 0.634. The Bertz CT molecular complexity index is 681. The van der Waals surface area contributed by atoms with Gasteiger partial charge in [0.05, 0.1) is 19.6 Å². The first kappa shape index (κ1) is 13.3. The normalized spacial score (nSPS) is 26.2. The van der Waals surface area contributed by atoms with Crippen molar-refractivity contribution >= 4 is 5.71 Å². The topological polar surface area (TPSA) is 40.0 Å². The first-order chi connectivity index (χ1) is 10.9. The first-order valence-electron chi connectivity index (χ1n) is 7.41. The highest BCUT2D eigenvalue weighted by Crippen LogP contribution is 2.43. The van der Waals surface area contributed by atoms with Gasteiger partial charge in [0.1, 0.15) is 17.6 Å². The number of rotatable bonds is 3. The highest BCUT2D eigenvalue weighted by Gasteiger charge is 2.45. The Kier molecular flexibility index (Phi) is 3.31. The molecule has 0 bridgehead atoms. The molecule has 0 saturated carbocycles. The standard InChI is InChI=1S/C18H17NO3/c1-20-14-9-7-13(8-10-14)18-16-15(11-21-18)17(22-19-16)12-5-3-2-4-6-12/h2-10,15,17-18H,11H2,1H3/t15-,17-,18+/m1/s1. The maximum absolute atomic E-state index is 5.98. The van der Waals surface area contributed by atoms with Crippen molar-refractivity contribution in [1.29, 1.82) is 0 Å². The van der Waals surface area contributed by atoms with Crippen LogP contribution in [0.25, 0.3) is 0 Å². The van der Waals surface area contributed by atoms with Gasteiger partial charge < -0.3 is 14.3 Å². The quantitative estimate of drug-likeness (QED) is 0.870. The molecule has 2 aliphatic heterocycles. The Morgan fingerprint density at radius 2 is 1.77 bits per heavy atom. The summed E-state index contributed by atoms with van der Waals surface area (Å²) in [5, 5.41) is 4.32. The Hall–Kier alpha value is -2.33. The Morgan fingerprint density at radius 3 is 2.50 bits per heavy atom. The van der Waals surface area contributed by atoms with Gasteiger partial charge in [-0.3, -0.25) is 0 Å². The van der Waals surface area contributed by atoms with Crippen LogP contribution in [0.15, 0.2) is 59.8 Å². The summed E-state index contributed by atoms with van der Waals surface area (Å²) in [6, 6.07) is 18.1. The molecule has 1 fully saturated rings. The Labute approximate surface area is 129 Å². The fourth-order valence-corrected chi connectivity index (χ4v) is 3.10. The SMILES string of the molecule is COc1ccc([C@@H]2OC[C@@H]3C2=NO[C@@H]3c2ccccc2)cc1. The van der Waals surface area contributed by atoms with Crippen molar-refractivity contribution in [3.8, 4) is 5.75 Å². The molecule has 0 spiro atoms. The minimum atomic E-state index is -0.121. The van der Waals surface area contributed by atoms with E-state index in [-0.39, 0.29) is 18.1 Å². The summed E-state index contributed by atoms with van der Waals surface area (Å²) in [5.41, 5.74) is 3.21. The van der Waals surface area contributed by atoms with Crippen LogP contribution in [-0.2, 0) is 9.57 Å². The second-order valence-electron chi connectivity index (χ2n) is 5.55. The van der Waals surface area contributed by atoms with Gasteiger partial charge in [0.15, 0.2) is 6.10 Å². The molecule has 0 unspecified atom stereocenters. The van der Waals surface area contributed by atoms with Gasteiger partial charge in [-0.2, -0.15) is 0 Å². The Morgan fingerprint density at radius 1 is 1.00 bits per heavy atom. The van der Waals surface area contributed by atoms with Crippen LogP contribution >= 0.6 is 0 Å². The number of fused-ring (bicyclic) bond motifs is 1. The predicted octanol–water partition coefficient (Wildman–Crippen LogP) is 3.51. The molecule has 2 aromatic carbocycles. The van der Waals surface area contributed by atoms with Gasteiger partial charge in [0, 0.05) is 0 Å². The van der Waals surface area contributed by atoms with E-state index in [2.05, 4.69) is 17.3 Å². The Balaban J connectivity index is 1.57. The number of nitrogens with zero attached hydrogens (tertiary/aromatic N) is 1. The second kappa shape index (κ2) is 5.46. The number of oxime groups is 1. The minimum absolute atomic E-state index is 0.0422. The minimum Gasteiger partial charge on any atom is -0.497 e. The summed E-state index contributed by atoms with van der Waals surface area (Å²) in [5.74, 6) is 1.03. The predicted molar refractivity (Wildman–Crippen MR) is 82.9 cm³/mol. The molecule has 0 aromatic heterocycles. The van der Waals surface area contributed by atoms with Gasteiger partial charge >= 0.3 is 0 Å². The highest BCUT2D eigenvalue weighted by molar-refractivity contribution is 5.94. The molecular formula is C18H17NO3. The van der Waals surface area contributed by atoms with E-state index in [4.69, 9.17) is 14.3 Å². The number of benzene rings is 2. The molecule has 2 aliphatic rings. The van der Waals surface area contributed by atoms with Crippen LogP contribution < -0.4 is 4.74 Å². The third-order valence-corrected chi connectivity index (χ3v) is 4.27. The first-order valence-corrected chi connectivity index (χ1v) is 7.41. The van der Waals surface area contributed by atoms with E-state index >= 15 is 0 Å². The summed E-state index contributed by atoms with van der Waals surface area (Å²) in [7, 11) is 1.66. The van der Waals surface area contributed by atoms with Crippen molar-refractivity contribution in [2.24, 2.45) is 11.1 Å². The molecule has 0 N–H and O–H groups in total. The molecule has 2 heterocycles. The van der Waals surface area contributed by atoms with Crippen molar-refractivity contribution < 1.29 is 14.3 Å². The van der Waals surface area contributed by atoms with Crippen molar-refractivity contribution in [2.75, 3.05) is 13.7 Å². The molecule has 3 atom stereocenters. The molecule has 4 heteroatoms. The monoisotopic (exact) mass is 295 g/mol. The lowest BCUT2D eigenvalue weighted by atomic mass is 9.91. The van der Waals surface area contributed by atoms with Crippen LogP contribution in [0.2, 0.25) is 0 Å². The lowest BCUT2D eigenvalue weighted by molar-refractivity contribution is 0.0242. The zero-order chi connectivity index (χ0) is 14.9. The van der Waals surface area contributed by atoms with Gasteiger partial charge in [0.2, 0.25) is 0 Å². The van der Waals surface area contributed by atoms with E-state index in [1.165, 1.54) is 0 Å². The molecule has 4 nitrogen and oxygen atoms in total. The maximum Gasteiger partial charge on any atom is 0.163 e. The molecule has 0 amide bonds. The zero-order valence-electron chi connectivity index (χ0n) is 12.3. The van der Waals surface area contributed by atoms with Crippen molar-refractivity contribution in [2.45, 2.75) is 12.2 Å². The summed E-state index contributed by atoms with van der Waals surface area (Å²) in [6.07, 6.45) is -0.163. The maximum atomic E-state index is 5.98. The third-order valence-electron chi connectivity index (χ3n) is 4.27.